The van der Waals surface area contributed by atoms with Crippen LogP contribution in [-0.2, 0) is 0 Å². The van der Waals surface area contributed by atoms with Gasteiger partial charge in [0.25, 0.3) is 11.5 Å². The number of fused-ring (bicyclic) bond motifs is 1. The Kier molecular flexibility index (Phi) is 5.65. The zero-order chi connectivity index (χ0) is 23.5. The van der Waals surface area contributed by atoms with E-state index >= 15 is 0 Å². The van der Waals surface area contributed by atoms with E-state index in [0.717, 1.165) is 22.4 Å². The lowest BCUT2D eigenvalue weighted by Crippen LogP contribution is -2.25. The fourth-order valence-corrected chi connectivity index (χ4v) is 3.78. The number of hydrogen-bond donors (Lipinski definition) is 4. The molecular formula is C25H22N6O3. The number of ether oxygens (including phenoxy) is 1. The number of H-pyrrole nitrogens is 1. The summed E-state index contributed by atoms with van der Waals surface area (Å²) in [6.45, 7) is 3.15. The molecule has 0 spiro atoms. The maximum absolute atomic E-state index is 13.1. The molecule has 0 aliphatic carbocycles. The Morgan fingerprint density at radius 1 is 1.03 bits per heavy atom. The summed E-state index contributed by atoms with van der Waals surface area (Å²) in [4.78, 5) is 36.6. The molecule has 0 radical (unpaired) electrons. The highest BCUT2D eigenvalue weighted by atomic mass is 16.5. The zero-order valence-corrected chi connectivity index (χ0v) is 18.4. The van der Waals surface area contributed by atoms with Gasteiger partial charge in [0.15, 0.2) is 0 Å². The van der Waals surface area contributed by atoms with Crippen LogP contribution in [0, 0.1) is 6.92 Å². The molecular weight excluding hydrogens is 432 g/mol. The van der Waals surface area contributed by atoms with Gasteiger partial charge in [0.05, 0.1) is 17.6 Å². The van der Waals surface area contributed by atoms with Gasteiger partial charge in [0.1, 0.15) is 17.9 Å². The zero-order valence-electron chi connectivity index (χ0n) is 18.4. The molecule has 4 aromatic rings. The van der Waals surface area contributed by atoms with Gasteiger partial charge in [-0.15, -0.1) is 0 Å². The predicted molar refractivity (Wildman–Crippen MR) is 131 cm³/mol. The van der Waals surface area contributed by atoms with Crippen LogP contribution in [0.1, 0.15) is 15.9 Å². The highest BCUT2D eigenvalue weighted by molar-refractivity contribution is 6.08. The molecule has 0 atom stereocenters. The van der Waals surface area contributed by atoms with Crippen LogP contribution < -0.4 is 26.2 Å². The molecule has 1 aromatic carbocycles. The first-order valence-electron chi connectivity index (χ1n) is 10.8. The SMILES string of the molecule is Cc1c(Nc2cc[nH]c(=O)c2C(=O)Nc2ccc(-c3ccncc3)cc2)cnc2c1NCCO2. The molecule has 9 heteroatoms. The van der Waals surface area contributed by atoms with Crippen LogP contribution in [0.25, 0.3) is 11.1 Å². The summed E-state index contributed by atoms with van der Waals surface area (Å²) >= 11 is 0. The van der Waals surface area contributed by atoms with E-state index < -0.39 is 11.5 Å². The monoisotopic (exact) mass is 454 g/mol. The van der Waals surface area contributed by atoms with Crippen molar-refractivity contribution in [1.29, 1.82) is 0 Å². The Hall–Kier alpha value is -4.66. The van der Waals surface area contributed by atoms with Crippen molar-refractivity contribution >= 4 is 28.7 Å². The molecule has 170 valence electrons. The molecule has 0 unspecified atom stereocenters. The van der Waals surface area contributed by atoms with Crippen molar-refractivity contribution in [3.05, 3.63) is 88.7 Å². The average molecular weight is 454 g/mol. The van der Waals surface area contributed by atoms with Crippen LogP contribution in [0.3, 0.4) is 0 Å². The number of pyridine rings is 3. The molecule has 9 nitrogen and oxygen atoms in total. The van der Waals surface area contributed by atoms with E-state index in [9.17, 15) is 9.59 Å². The van der Waals surface area contributed by atoms with Gasteiger partial charge in [0, 0.05) is 36.4 Å². The van der Waals surface area contributed by atoms with Gasteiger partial charge < -0.3 is 25.7 Å². The quantitative estimate of drug-likeness (QED) is 0.360. The van der Waals surface area contributed by atoms with Gasteiger partial charge in [-0.2, -0.15) is 0 Å². The first-order valence-corrected chi connectivity index (χ1v) is 10.8. The summed E-state index contributed by atoms with van der Waals surface area (Å²) in [5.41, 5.74) is 4.77. The average Bonchev–Trinajstić information content (AvgIpc) is 2.87. The molecule has 0 saturated carbocycles. The van der Waals surface area contributed by atoms with Gasteiger partial charge >= 0.3 is 0 Å². The topological polar surface area (TPSA) is 121 Å². The predicted octanol–water partition coefficient (Wildman–Crippen LogP) is 3.94. The van der Waals surface area contributed by atoms with Gasteiger partial charge in [-0.05, 0) is 48.4 Å². The Bertz CT molecular complexity index is 1400. The maximum Gasteiger partial charge on any atom is 0.263 e. The van der Waals surface area contributed by atoms with E-state index in [0.29, 0.717) is 36.1 Å². The first-order chi connectivity index (χ1) is 16.6. The van der Waals surface area contributed by atoms with Crippen molar-refractivity contribution in [2.45, 2.75) is 6.92 Å². The second-order valence-electron chi connectivity index (χ2n) is 7.74. The molecule has 1 aliphatic heterocycles. The van der Waals surface area contributed by atoms with Crippen LogP contribution in [0.4, 0.5) is 22.7 Å². The van der Waals surface area contributed by atoms with E-state index in [4.69, 9.17) is 4.74 Å². The third kappa shape index (κ3) is 4.18. The Morgan fingerprint density at radius 3 is 2.59 bits per heavy atom. The fraction of sp³-hybridized carbons (Fsp3) is 0.120. The van der Waals surface area contributed by atoms with Gasteiger partial charge in [-0.25, -0.2) is 4.98 Å². The number of anilines is 4. The summed E-state index contributed by atoms with van der Waals surface area (Å²) in [6.07, 6.45) is 6.57. The van der Waals surface area contributed by atoms with E-state index in [1.54, 1.807) is 36.8 Å². The molecule has 0 fully saturated rings. The van der Waals surface area contributed by atoms with Crippen molar-refractivity contribution in [3.63, 3.8) is 0 Å². The number of hydrogen-bond acceptors (Lipinski definition) is 7. The number of carbonyl (C=O) groups is 1. The second kappa shape index (κ2) is 9.07. The summed E-state index contributed by atoms with van der Waals surface area (Å²) in [6, 6.07) is 12.9. The van der Waals surface area contributed by atoms with E-state index in [-0.39, 0.29) is 5.56 Å². The minimum Gasteiger partial charge on any atom is -0.474 e. The van der Waals surface area contributed by atoms with Crippen LogP contribution in [0.2, 0.25) is 0 Å². The minimum atomic E-state index is -0.522. The smallest absolute Gasteiger partial charge is 0.263 e. The molecule has 4 N–H and O–H groups in total. The standard InChI is InChI=1S/C25H22N6O3/c1-15-20(14-29-25-22(15)27-12-13-34-25)31-19-8-11-28-23(32)21(19)24(33)30-18-4-2-16(3-5-18)17-6-9-26-10-7-17/h2-11,14,27H,12-13H2,1H3,(H,30,33)(H2,28,31,32). The Labute approximate surface area is 195 Å². The second-order valence-corrected chi connectivity index (χ2v) is 7.74. The van der Waals surface area contributed by atoms with Crippen LogP contribution in [0.15, 0.2) is 72.0 Å². The van der Waals surface area contributed by atoms with Crippen molar-refractivity contribution in [1.82, 2.24) is 15.0 Å². The van der Waals surface area contributed by atoms with Crippen LogP contribution in [-0.4, -0.2) is 34.0 Å². The molecule has 34 heavy (non-hydrogen) atoms. The third-order valence-electron chi connectivity index (χ3n) is 5.56. The van der Waals surface area contributed by atoms with Gasteiger partial charge in [-0.1, -0.05) is 12.1 Å². The van der Waals surface area contributed by atoms with Crippen molar-refractivity contribution < 1.29 is 9.53 Å². The van der Waals surface area contributed by atoms with E-state index in [1.165, 1.54) is 6.20 Å². The fourth-order valence-electron chi connectivity index (χ4n) is 3.78. The van der Waals surface area contributed by atoms with E-state index in [1.807, 2.05) is 31.2 Å². The molecule has 0 saturated heterocycles. The largest absolute Gasteiger partial charge is 0.474 e. The number of nitrogens with zero attached hydrogens (tertiary/aromatic N) is 2. The van der Waals surface area contributed by atoms with E-state index in [2.05, 4.69) is 30.9 Å². The number of carbonyl (C=O) groups excluding carboxylic acids is 1. The number of rotatable bonds is 5. The third-order valence-corrected chi connectivity index (χ3v) is 5.56. The lowest BCUT2D eigenvalue weighted by molar-refractivity contribution is 0.102. The van der Waals surface area contributed by atoms with Crippen molar-refractivity contribution in [3.8, 4) is 17.0 Å². The highest BCUT2D eigenvalue weighted by Gasteiger charge is 2.20. The van der Waals surface area contributed by atoms with Crippen molar-refractivity contribution in [2.75, 3.05) is 29.1 Å². The normalized spacial score (nSPS) is 12.1. The van der Waals surface area contributed by atoms with Gasteiger partial charge in [0.2, 0.25) is 5.88 Å². The maximum atomic E-state index is 13.1. The number of aromatic nitrogens is 3. The Balaban J connectivity index is 1.40. The summed E-state index contributed by atoms with van der Waals surface area (Å²) in [5, 5.41) is 9.27. The molecule has 1 amide bonds. The van der Waals surface area contributed by atoms with Crippen LogP contribution in [0.5, 0.6) is 5.88 Å². The Morgan fingerprint density at radius 2 is 1.79 bits per heavy atom. The highest BCUT2D eigenvalue weighted by Crippen LogP contribution is 2.34. The number of amides is 1. The van der Waals surface area contributed by atoms with Crippen molar-refractivity contribution in [2.24, 2.45) is 0 Å². The molecule has 0 bridgehead atoms. The molecule has 5 rings (SSSR count). The lowest BCUT2D eigenvalue weighted by Gasteiger charge is -2.22. The molecule has 3 aromatic heterocycles. The summed E-state index contributed by atoms with van der Waals surface area (Å²) in [5.74, 6) is 0.0134. The van der Waals surface area contributed by atoms with Crippen LogP contribution >= 0.6 is 0 Å². The number of aromatic amines is 1. The lowest BCUT2D eigenvalue weighted by atomic mass is 10.1. The first kappa shape index (κ1) is 21.2. The summed E-state index contributed by atoms with van der Waals surface area (Å²) < 4.78 is 5.57. The van der Waals surface area contributed by atoms with Gasteiger partial charge in [-0.3, -0.25) is 14.6 Å². The number of benzene rings is 1. The minimum absolute atomic E-state index is 0.0259. The molecule has 1 aliphatic rings. The molecule has 4 heterocycles. The summed E-state index contributed by atoms with van der Waals surface area (Å²) in [7, 11) is 0. The number of nitrogens with one attached hydrogen (secondary N) is 4.